The minimum absolute atomic E-state index is 0.126. The van der Waals surface area contributed by atoms with Gasteiger partial charge in [0.15, 0.2) is 0 Å². The molecular formula is C25H28BrN3O2S. The van der Waals surface area contributed by atoms with E-state index >= 15 is 0 Å². The van der Waals surface area contributed by atoms with E-state index in [2.05, 4.69) is 76.9 Å². The van der Waals surface area contributed by atoms with Gasteiger partial charge in [-0.1, -0.05) is 18.2 Å². The van der Waals surface area contributed by atoms with Gasteiger partial charge in [0.05, 0.1) is 19.1 Å². The highest BCUT2D eigenvalue weighted by molar-refractivity contribution is 9.10. The zero-order valence-corrected chi connectivity index (χ0v) is 21.4. The molecule has 5 nitrogen and oxygen atoms in total. The molecule has 0 spiro atoms. The number of nitrogens with zero attached hydrogens (tertiary/aromatic N) is 2. The lowest BCUT2D eigenvalue weighted by molar-refractivity contribution is -0.118. The SMILES string of the molecule is COc1ccc(CSCC(=O)N/N=C\c2c(Br)c(C)n(-c3ccc(C)c(C)c3)c2C)cc1. The topological polar surface area (TPSA) is 55.6 Å². The van der Waals surface area contributed by atoms with Crippen LogP contribution in [0.2, 0.25) is 0 Å². The molecule has 0 atom stereocenters. The molecule has 0 saturated carbocycles. The summed E-state index contributed by atoms with van der Waals surface area (Å²) >= 11 is 5.24. The van der Waals surface area contributed by atoms with Gasteiger partial charge in [-0.2, -0.15) is 5.10 Å². The van der Waals surface area contributed by atoms with Crippen LogP contribution in [-0.2, 0) is 10.5 Å². The van der Waals surface area contributed by atoms with Crippen molar-refractivity contribution in [1.82, 2.24) is 9.99 Å². The summed E-state index contributed by atoms with van der Waals surface area (Å²) in [5.41, 5.74) is 10.5. The fraction of sp³-hybridized carbons (Fsp3) is 0.280. The largest absolute Gasteiger partial charge is 0.497 e. The summed E-state index contributed by atoms with van der Waals surface area (Å²) in [4.78, 5) is 12.2. The summed E-state index contributed by atoms with van der Waals surface area (Å²) in [6.45, 7) is 8.35. The summed E-state index contributed by atoms with van der Waals surface area (Å²) in [7, 11) is 1.65. The van der Waals surface area contributed by atoms with Crippen molar-refractivity contribution in [2.45, 2.75) is 33.4 Å². The van der Waals surface area contributed by atoms with Crippen LogP contribution in [0.5, 0.6) is 5.75 Å². The van der Waals surface area contributed by atoms with Crippen LogP contribution in [0.1, 0.15) is 33.6 Å². The average molecular weight is 514 g/mol. The van der Waals surface area contributed by atoms with Crippen LogP contribution in [0.3, 0.4) is 0 Å². The number of aromatic nitrogens is 1. The first kappa shape index (κ1) is 24.1. The van der Waals surface area contributed by atoms with E-state index in [1.54, 1.807) is 25.1 Å². The second-order valence-corrected chi connectivity index (χ2v) is 9.42. The third kappa shape index (κ3) is 5.64. The van der Waals surface area contributed by atoms with E-state index in [0.29, 0.717) is 5.75 Å². The Morgan fingerprint density at radius 1 is 1.09 bits per heavy atom. The number of amides is 1. The number of carbonyl (C=O) groups is 1. The minimum atomic E-state index is -0.126. The van der Waals surface area contributed by atoms with E-state index in [9.17, 15) is 4.79 Å². The van der Waals surface area contributed by atoms with Crippen LogP contribution in [-0.4, -0.2) is 29.6 Å². The molecule has 7 heteroatoms. The zero-order chi connectivity index (χ0) is 23.3. The normalized spacial score (nSPS) is 11.2. The number of hydrogen-bond donors (Lipinski definition) is 1. The van der Waals surface area contributed by atoms with Crippen molar-refractivity contribution >= 4 is 39.8 Å². The first-order valence-electron chi connectivity index (χ1n) is 10.3. The number of methoxy groups -OCH3 is 1. The molecule has 1 N–H and O–H groups in total. The summed E-state index contributed by atoms with van der Waals surface area (Å²) in [6, 6.07) is 14.3. The van der Waals surface area contributed by atoms with Crippen molar-refractivity contribution in [1.29, 1.82) is 0 Å². The van der Waals surface area contributed by atoms with Crippen molar-refractivity contribution in [2.24, 2.45) is 5.10 Å². The van der Waals surface area contributed by atoms with Crippen LogP contribution in [0.4, 0.5) is 0 Å². The molecule has 0 aliphatic rings. The molecular weight excluding hydrogens is 486 g/mol. The molecule has 0 bridgehead atoms. The van der Waals surface area contributed by atoms with Gasteiger partial charge in [-0.25, -0.2) is 5.43 Å². The first-order chi connectivity index (χ1) is 15.3. The molecule has 1 amide bonds. The van der Waals surface area contributed by atoms with Gasteiger partial charge in [0.25, 0.3) is 0 Å². The Morgan fingerprint density at radius 3 is 2.47 bits per heavy atom. The van der Waals surface area contributed by atoms with Gasteiger partial charge in [0, 0.05) is 32.9 Å². The number of hydrazone groups is 1. The van der Waals surface area contributed by atoms with E-state index in [0.717, 1.165) is 44.2 Å². The van der Waals surface area contributed by atoms with Crippen LogP contribution < -0.4 is 10.2 Å². The Morgan fingerprint density at radius 2 is 1.81 bits per heavy atom. The van der Waals surface area contributed by atoms with Gasteiger partial charge < -0.3 is 9.30 Å². The van der Waals surface area contributed by atoms with Crippen LogP contribution >= 0.6 is 27.7 Å². The Balaban J connectivity index is 1.61. The number of rotatable bonds is 8. The maximum atomic E-state index is 12.2. The number of hydrogen-bond acceptors (Lipinski definition) is 4. The highest BCUT2D eigenvalue weighted by Crippen LogP contribution is 2.30. The first-order valence-corrected chi connectivity index (χ1v) is 12.2. The second-order valence-electron chi connectivity index (χ2n) is 7.64. The molecule has 0 aliphatic heterocycles. The Hall–Kier alpha value is -2.51. The number of halogens is 1. The van der Waals surface area contributed by atoms with E-state index in [1.807, 2.05) is 24.3 Å². The Kier molecular flexibility index (Phi) is 8.21. The molecule has 0 aliphatic carbocycles. The lowest BCUT2D eigenvalue weighted by atomic mass is 10.1. The fourth-order valence-corrected chi connectivity index (χ4v) is 4.76. The van der Waals surface area contributed by atoms with Crippen LogP contribution in [0, 0.1) is 27.7 Å². The maximum absolute atomic E-state index is 12.2. The molecule has 0 radical (unpaired) electrons. The predicted molar refractivity (Wildman–Crippen MR) is 137 cm³/mol. The molecule has 1 heterocycles. The Bertz CT molecular complexity index is 1140. The third-order valence-electron chi connectivity index (χ3n) is 5.41. The lowest BCUT2D eigenvalue weighted by Crippen LogP contribution is -2.19. The minimum Gasteiger partial charge on any atom is -0.497 e. The molecule has 2 aromatic carbocycles. The summed E-state index contributed by atoms with van der Waals surface area (Å²) in [6.07, 6.45) is 1.70. The van der Waals surface area contributed by atoms with Crippen molar-refractivity contribution in [3.8, 4) is 11.4 Å². The molecule has 0 saturated heterocycles. The third-order valence-corrected chi connectivity index (χ3v) is 7.41. The molecule has 3 aromatic rings. The zero-order valence-electron chi connectivity index (χ0n) is 19.0. The standard InChI is InChI=1S/C25H28BrN3O2S/c1-16-6-9-21(12-17(16)2)29-18(3)23(25(26)19(29)4)13-27-28-24(30)15-32-14-20-7-10-22(31-5)11-8-20/h6-13H,14-15H2,1-5H3,(H,28,30)/b27-13-. The van der Waals surface area contributed by atoms with Gasteiger partial charge in [-0.05, 0) is 84.6 Å². The summed E-state index contributed by atoms with van der Waals surface area (Å²) in [5, 5.41) is 4.19. The predicted octanol–water partition coefficient (Wildman–Crippen LogP) is 5.87. The van der Waals surface area contributed by atoms with Gasteiger partial charge in [0.1, 0.15) is 5.75 Å². The molecule has 0 fully saturated rings. The van der Waals surface area contributed by atoms with Crippen molar-refractivity contribution < 1.29 is 9.53 Å². The van der Waals surface area contributed by atoms with E-state index in [4.69, 9.17) is 4.74 Å². The van der Waals surface area contributed by atoms with Gasteiger partial charge >= 0.3 is 0 Å². The Labute approximate surface area is 202 Å². The van der Waals surface area contributed by atoms with Gasteiger partial charge in [0.2, 0.25) is 5.91 Å². The molecule has 1 aromatic heterocycles. The van der Waals surface area contributed by atoms with Crippen LogP contribution in [0.25, 0.3) is 5.69 Å². The number of thioether (sulfide) groups is 1. The molecule has 32 heavy (non-hydrogen) atoms. The molecule has 3 rings (SSSR count). The van der Waals surface area contributed by atoms with Crippen LogP contribution in [0.15, 0.2) is 52.0 Å². The fourth-order valence-electron chi connectivity index (χ4n) is 3.41. The maximum Gasteiger partial charge on any atom is 0.250 e. The number of aryl methyl sites for hydroxylation is 2. The number of ether oxygens (including phenoxy) is 1. The number of nitrogens with one attached hydrogen (secondary N) is 1. The molecule has 168 valence electrons. The van der Waals surface area contributed by atoms with E-state index in [1.165, 1.54) is 11.1 Å². The number of benzene rings is 2. The van der Waals surface area contributed by atoms with Crippen molar-refractivity contribution in [2.75, 3.05) is 12.9 Å². The lowest BCUT2D eigenvalue weighted by Gasteiger charge is -2.11. The quantitative estimate of drug-likeness (QED) is 0.302. The summed E-state index contributed by atoms with van der Waals surface area (Å²) in [5.74, 6) is 1.79. The average Bonchev–Trinajstić information content (AvgIpc) is 2.99. The van der Waals surface area contributed by atoms with Crippen molar-refractivity contribution in [3.05, 3.63) is 80.6 Å². The smallest absolute Gasteiger partial charge is 0.250 e. The summed E-state index contributed by atoms with van der Waals surface area (Å²) < 4.78 is 8.33. The van der Waals surface area contributed by atoms with Crippen molar-refractivity contribution in [3.63, 3.8) is 0 Å². The van der Waals surface area contributed by atoms with E-state index in [-0.39, 0.29) is 5.91 Å². The van der Waals surface area contributed by atoms with Gasteiger partial charge in [-0.15, -0.1) is 11.8 Å². The van der Waals surface area contributed by atoms with Gasteiger partial charge in [-0.3, -0.25) is 4.79 Å². The highest BCUT2D eigenvalue weighted by Gasteiger charge is 2.16. The monoisotopic (exact) mass is 513 g/mol. The molecule has 0 unspecified atom stereocenters. The van der Waals surface area contributed by atoms with E-state index < -0.39 is 0 Å². The second kappa shape index (κ2) is 10.9. The number of carbonyl (C=O) groups excluding carboxylic acids is 1. The highest BCUT2D eigenvalue weighted by atomic mass is 79.9.